The molecule has 10 nitrogen and oxygen atoms in total. The SMILES string of the molecule is CC1(C)CC(N=C=O)CC(C)(CN=C=O)C1.N=C=O.N=C=O.c1ccc(NCNc2ccccc2)cc1. The number of rotatable bonds is 7. The Hall–Kier alpha value is -4.44. The van der Waals surface area contributed by atoms with Gasteiger partial charge in [-0.1, -0.05) is 57.2 Å². The van der Waals surface area contributed by atoms with Gasteiger partial charge in [0.1, 0.15) is 0 Å². The van der Waals surface area contributed by atoms with Crippen molar-refractivity contribution in [2.45, 2.75) is 46.1 Å². The topological polar surface area (TPSA) is 165 Å². The molecule has 0 heterocycles. The summed E-state index contributed by atoms with van der Waals surface area (Å²) < 4.78 is 0. The standard InChI is InChI=1S/C13H14N2.C12H18N2O2.2CHNO/c1-3-7-12(8-4-1)14-11-15-13-9-5-2-6-10-13;1-11(2)4-10(14-9-16)5-12(3,6-11)7-13-8-15;2*2-1-3/h1-10,14-15H,11H2;10H,4-7H2,1-3H3;2*2H. The maximum atomic E-state index is 10.3. The van der Waals surface area contributed by atoms with Gasteiger partial charge in [-0.05, 0) is 54.4 Å². The summed E-state index contributed by atoms with van der Waals surface area (Å²) in [5, 5.41) is 17.4. The van der Waals surface area contributed by atoms with Crippen LogP contribution in [-0.2, 0) is 19.2 Å². The second-order valence-electron chi connectivity index (χ2n) is 9.31. The van der Waals surface area contributed by atoms with Crippen LogP contribution in [0.1, 0.15) is 40.0 Å². The van der Waals surface area contributed by atoms with Gasteiger partial charge >= 0.3 is 0 Å². The fourth-order valence-electron chi connectivity index (χ4n) is 4.45. The highest BCUT2D eigenvalue weighted by atomic mass is 16.1. The van der Waals surface area contributed by atoms with Gasteiger partial charge in [0.2, 0.25) is 24.3 Å². The average Bonchev–Trinajstić information content (AvgIpc) is 2.85. The van der Waals surface area contributed by atoms with Crippen molar-refractivity contribution in [1.29, 1.82) is 10.8 Å². The number of aliphatic imine (C=N–C) groups is 2. The Balaban J connectivity index is 0.000000578. The van der Waals surface area contributed by atoms with Gasteiger partial charge in [0.05, 0.1) is 19.3 Å². The predicted octanol–water partition coefficient (Wildman–Crippen LogP) is 5.21. The highest BCUT2D eigenvalue weighted by Crippen LogP contribution is 2.47. The first-order valence-corrected chi connectivity index (χ1v) is 11.5. The van der Waals surface area contributed by atoms with Crippen molar-refractivity contribution < 1.29 is 19.2 Å². The van der Waals surface area contributed by atoms with Crippen LogP contribution in [0.15, 0.2) is 70.6 Å². The molecular formula is C27H34N6O4. The summed E-state index contributed by atoms with van der Waals surface area (Å²) in [5.74, 6) is 0. The van der Waals surface area contributed by atoms with Crippen molar-refractivity contribution in [3.63, 3.8) is 0 Å². The zero-order chi connectivity index (χ0) is 28.0. The smallest absolute Gasteiger partial charge is 0.235 e. The summed E-state index contributed by atoms with van der Waals surface area (Å²) in [4.78, 5) is 44.7. The Morgan fingerprint density at radius 1 is 0.811 bits per heavy atom. The van der Waals surface area contributed by atoms with Crippen molar-refractivity contribution in [3.05, 3.63) is 60.7 Å². The van der Waals surface area contributed by atoms with Crippen LogP contribution < -0.4 is 10.6 Å². The van der Waals surface area contributed by atoms with E-state index in [0.29, 0.717) is 6.54 Å². The lowest BCUT2D eigenvalue weighted by molar-refractivity contribution is 0.0915. The van der Waals surface area contributed by atoms with Gasteiger partial charge in [0, 0.05) is 11.4 Å². The summed E-state index contributed by atoms with van der Waals surface area (Å²) in [5.41, 5.74) is 2.31. The zero-order valence-corrected chi connectivity index (χ0v) is 21.4. The molecule has 4 N–H and O–H groups in total. The monoisotopic (exact) mass is 506 g/mol. The van der Waals surface area contributed by atoms with Crippen molar-refractivity contribution in [1.82, 2.24) is 0 Å². The lowest BCUT2D eigenvalue weighted by Crippen LogP contribution is -2.39. The number of benzene rings is 2. The highest BCUT2D eigenvalue weighted by molar-refractivity contribution is 5.47. The lowest BCUT2D eigenvalue weighted by atomic mass is 9.63. The Morgan fingerprint density at radius 3 is 1.68 bits per heavy atom. The molecule has 2 aromatic carbocycles. The summed E-state index contributed by atoms with van der Waals surface area (Å²) >= 11 is 0. The third-order valence-corrected chi connectivity index (χ3v) is 5.32. The van der Waals surface area contributed by atoms with Crippen molar-refractivity contribution in [2.75, 3.05) is 23.8 Å². The molecule has 1 fully saturated rings. The van der Waals surface area contributed by atoms with Gasteiger partial charge < -0.3 is 10.6 Å². The first-order chi connectivity index (χ1) is 17.7. The molecule has 0 spiro atoms. The average molecular weight is 507 g/mol. The van der Waals surface area contributed by atoms with E-state index in [0.717, 1.165) is 49.5 Å². The number of nitrogens with zero attached hydrogens (tertiary/aromatic N) is 2. The van der Waals surface area contributed by atoms with Crippen LogP contribution in [-0.4, -0.2) is 43.6 Å². The minimum atomic E-state index is -0.0653. The Bertz CT molecular complexity index is 1020. The minimum Gasteiger partial charge on any atom is -0.368 e. The maximum Gasteiger partial charge on any atom is 0.235 e. The Morgan fingerprint density at radius 2 is 1.27 bits per heavy atom. The number of hydrogen-bond acceptors (Lipinski definition) is 10. The van der Waals surface area contributed by atoms with Crippen molar-refractivity contribution in [2.24, 2.45) is 20.8 Å². The number of anilines is 2. The van der Waals surface area contributed by atoms with E-state index in [9.17, 15) is 9.59 Å². The minimum absolute atomic E-state index is 0.00750. The molecule has 0 amide bonds. The van der Waals surface area contributed by atoms with Gasteiger partial charge in [-0.3, -0.25) is 0 Å². The van der Waals surface area contributed by atoms with Crippen LogP contribution in [0.5, 0.6) is 0 Å². The van der Waals surface area contributed by atoms with E-state index in [1.54, 1.807) is 12.2 Å². The third kappa shape index (κ3) is 16.0. The van der Waals surface area contributed by atoms with E-state index in [1.807, 2.05) is 60.7 Å². The third-order valence-electron chi connectivity index (χ3n) is 5.32. The van der Waals surface area contributed by atoms with Gasteiger partial charge in [0.25, 0.3) is 0 Å². The van der Waals surface area contributed by atoms with Crippen LogP contribution in [0.3, 0.4) is 0 Å². The Labute approximate surface area is 217 Å². The van der Waals surface area contributed by atoms with E-state index in [1.165, 1.54) is 0 Å². The molecule has 0 saturated heterocycles. The lowest BCUT2D eigenvalue weighted by Gasteiger charge is -2.44. The molecule has 0 aliphatic heterocycles. The molecule has 0 aromatic heterocycles. The summed E-state index contributed by atoms with van der Waals surface area (Å²) in [6, 6.07) is 20.3. The van der Waals surface area contributed by atoms with Gasteiger partial charge in [-0.2, -0.15) is 0 Å². The first-order valence-electron chi connectivity index (χ1n) is 11.5. The zero-order valence-electron chi connectivity index (χ0n) is 21.4. The van der Waals surface area contributed by atoms with E-state index < -0.39 is 0 Å². The molecular weight excluding hydrogens is 472 g/mol. The normalized spacial score (nSPS) is 18.3. The van der Waals surface area contributed by atoms with E-state index >= 15 is 0 Å². The van der Waals surface area contributed by atoms with Gasteiger partial charge in [-0.25, -0.2) is 40.0 Å². The maximum absolute atomic E-state index is 10.3. The Kier molecular flexibility index (Phi) is 16.6. The number of isocyanates is 4. The number of nitrogens with one attached hydrogen (secondary N) is 4. The molecule has 1 aliphatic rings. The summed E-state index contributed by atoms with van der Waals surface area (Å²) in [6.45, 7) is 7.59. The highest BCUT2D eigenvalue weighted by Gasteiger charge is 2.41. The molecule has 2 aromatic rings. The summed E-state index contributed by atoms with van der Waals surface area (Å²) in [6.07, 6.45) is 7.38. The van der Waals surface area contributed by atoms with E-state index in [2.05, 4.69) is 41.4 Å². The fraction of sp³-hybridized carbons (Fsp3) is 0.407. The molecule has 2 atom stereocenters. The molecule has 2 unspecified atom stereocenters. The second-order valence-corrected chi connectivity index (χ2v) is 9.31. The van der Waals surface area contributed by atoms with Crippen LogP contribution in [0, 0.1) is 21.6 Å². The van der Waals surface area contributed by atoms with Crippen LogP contribution >= 0.6 is 0 Å². The molecule has 3 rings (SSSR count). The van der Waals surface area contributed by atoms with Crippen LogP contribution in [0.2, 0.25) is 0 Å². The fourth-order valence-corrected chi connectivity index (χ4v) is 4.45. The van der Waals surface area contributed by atoms with E-state index in [4.69, 9.17) is 20.4 Å². The van der Waals surface area contributed by atoms with Crippen molar-refractivity contribution in [3.8, 4) is 0 Å². The summed E-state index contributed by atoms with van der Waals surface area (Å²) in [7, 11) is 0. The quantitative estimate of drug-likeness (QED) is 0.228. The molecule has 1 aliphatic carbocycles. The molecule has 0 bridgehead atoms. The molecule has 1 saturated carbocycles. The van der Waals surface area contributed by atoms with Gasteiger partial charge in [-0.15, -0.1) is 0 Å². The number of hydrogen-bond donors (Lipinski definition) is 4. The molecule has 10 heteroatoms. The predicted molar refractivity (Wildman–Crippen MR) is 142 cm³/mol. The number of para-hydroxylation sites is 2. The van der Waals surface area contributed by atoms with Gasteiger partial charge in [0.15, 0.2) is 0 Å². The molecule has 196 valence electrons. The van der Waals surface area contributed by atoms with E-state index in [-0.39, 0.29) is 16.9 Å². The molecule has 0 radical (unpaired) electrons. The number of carbonyl (C=O) groups excluding carboxylic acids is 4. The van der Waals surface area contributed by atoms with Crippen LogP contribution in [0.4, 0.5) is 11.4 Å². The first kappa shape index (κ1) is 32.6. The van der Waals surface area contributed by atoms with Crippen molar-refractivity contribution >= 4 is 35.7 Å². The second kappa shape index (κ2) is 18.8. The molecule has 37 heavy (non-hydrogen) atoms. The van der Waals surface area contributed by atoms with Crippen LogP contribution in [0.25, 0.3) is 0 Å². The largest absolute Gasteiger partial charge is 0.368 e.